The van der Waals surface area contributed by atoms with Crippen molar-refractivity contribution < 1.29 is 19.0 Å². The van der Waals surface area contributed by atoms with Crippen LogP contribution in [0.1, 0.15) is 32.1 Å². The molecule has 2 heterocycles. The normalized spacial score (nSPS) is 33.3. The van der Waals surface area contributed by atoms with Crippen molar-refractivity contribution in [3.8, 4) is 0 Å². The first-order chi connectivity index (χ1) is 11.6. The first kappa shape index (κ1) is 18.1. The second kappa shape index (κ2) is 7.68. The summed E-state index contributed by atoms with van der Waals surface area (Å²) in [5, 5.41) is 0. The van der Waals surface area contributed by atoms with Crippen LogP contribution >= 0.6 is 0 Å². The van der Waals surface area contributed by atoms with Crippen molar-refractivity contribution in [2.75, 3.05) is 54.2 Å². The molecule has 24 heavy (non-hydrogen) atoms. The molecule has 0 N–H and O–H groups in total. The number of carbonyl (C=O) groups is 1. The molecule has 6 nitrogen and oxygen atoms in total. The summed E-state index contributed by atoms with van der Waals surface area (Å²) in [7, 11) is 5.95. The van der Waals surface area contributed by atoms with Crippen LogP contribution < -0.4 is 0 Å². The van der Waals surface area contributed by atoms with Crippen LogP contribution in [-0.2, 0) is 19.0 Å². The van der Waals surface area contributed by atoms with Crippen LogP contribution in [-0.4, -0.2) is 88.1 Å². The average molecular weight is 340 g/mol. The monoisotopic (exact) mass is 340 g/mol. The molecule has 0 aromatic carbocycles. The summed E-state index contributed by atoms with van der Waals surface area (Å²) in [4.78, 5) is 17.9. The minimum Gasteiger partial charge on any atom is -0.384 e. The van der Waals surface area contributed by atoms with E-state index in [0.29, 0.717) is 39.0 Å². The van der Waals surface area contributed by atoms with Crippen LogP contribution in [0, 0.1) is 5.41 Å². The van der Waals surface area contributed by atoms with Crippen molar-refractivity contribution in [2.45, 2.75) is 50.3 Å². The van der Waals surface area contributed by atoms with E-state index in [4.69, 9.17) is 14.2 Å². The Labute approximate surface area is 145 Å². The van der Waals surface area contributed by atoms with E-state index in [0.717, 1.165) is 32.1 Å². The molecule has 3 fully saturated rings. The molecule has 2 aliphatic heterocycles. The highest BCUT2D eigenvalue weighted by atomic mass is 16.5. The maximum absolute atomic E-state index is 13.5. The molecule has 3 unspecified atom stereocenters. The standard InChI is InChI=1S/C18H32N2O4/c1-19(2)14-4-5-15-16(12-14)24-11-8-20(15)17(21)18(13-22-3)6-9-23-10-7-18/h14-16H,4-13H2,1-3H3. The molecule has 0 radical (unpaired) electrons. The van der Waals surface area contributed by atoms with Crippen LogP contribution in [0.5, 0.6) is 0 Å². The van der Waals surface area contributed by atoms with Crippen molar-refractivity contribution in [1.82, 2.24) is 9.80 Å². The third-order valence-corrected chi connectivity index (χ3v) is 6.11. The van der Waals surface area contributed by atoms with Crippen molar-refractivity contribution >= 4 is 5.91 Å². The zero-order valence-corrected chi connectivity index (χ0v) is 15.3. The van der Waals surface area contributed by atoms with Gasteiger partial charge in [-0.3, -0.25) is 4.79 Å². The molecule has 6 heteroatoms. The average Bonchev–Trinajstić information content (AvgIpc) is 2.61. The van der Waals surface area contributed by atoms with Crippen LogP contribution in [0.2, 0.25) is 0 Å². The zero-order valence-electron chi connectivity index (χ0n) is 15.3. The van der Waals surface area contributed by atoms with Gasteiger partial charge in [-0.15, -0.1) is 0 Å². The lowest BCUT2D eigenvalue weighted by molar-refractivity contribution is -0.170. The number of nitrogens with zero attached hydrogens (tertiary/aromatic N) is 2. The predicted octanol–water partition coefficient (Wildman–Crippen LogP) is 1.14. The molecule has 138 valence electrons. The molecule has 3 atom stereocenters. The van der Waals surface area contributed by atoms with Gasteiger partial charge >= 0.3 is 0 Å². The third kappa shape index (κ3) is 3.47. The van der Waals surface area contributed by atoms with E-state index in [-0.39, 0.29) is 18.1 Å². The van der Waals surface area contributed by atoms with E-state index in [1.807, 2.05) is 0 Å². The first-order valence-electron chi connectivity index (χ1n) is 9.23. The van der Waals surface area contributed by atoms with E-state index >= 15 is 0 Å². The summed E-state index contributed by atoms with van der Waals surface area (Å²) in [5.74, 6) is 0.259. The van der Waals surface area contributed by atoms with Gasteiger partial charge in [-0.2, -0.15) is 0 Å². The molecule has 1 amide bonds. The Bertz CT molecular complexity index is 431. The fourth-order valence-electron chi connectivity index (χ4n) is 4.58. The maximum atomic E-state index is 13.5. The van der Waals surface area contributed by atoms with E-state index in [1.165, 1.54) is 0 Å². The second-order valence-electron chi connectivity index (χ2n) is 7.73. The lowest BCUT2D eigenvalue weighted by Crippen LogP contribution is -2.61. The highest BCUT2D eigenvalue weighted by Crippen LogP contribution is 2.37. The Balaban J connectivity index is 1.74. The molecule has 2 saturated heterocycles. The molecule has 0 bridgehead atoms. The van der Waals surface area contributed by atoms with E-state index in [2.05, 4.69) is 23.9 Å². The topological polar surface area (TPSA) is 51.2 Å². The Kier molecular flexibility index (Phi) is 5.80. The molecule has 1 aliphatic carbocycles. The molecule has 0 spiro atoms. The third-order valence-electron chi connectivity index (χ3n) is 6.11. The highest BCUT2D eigenvalue weighted by Gasteiger charge is 2.48. The smallest absolute Gasteiger partial charge is 0.231 e. The number of methoxy groups -OCH3 is 1. The van der Waals surface area contributed by atoms with Crippen LogP contribution in [0.3, 0.4) is 0 Å². The van der Waals surface area contributed by atoms with Gasteiger partial charge < -0.3 is 24.0 Å². The van der Waals surface area contributed by atoms with E-state index in [9.17, 15) is 4.79 Å². The maximum Gasteiger partial charge on any atom is 0.231 e. The Morgan fingerprint density at radius 3 is 2.67 bits per heavy atom. The molecular weight excluding hydrogens is 308 g/mol. The highest BCUT2D eigenvalue weighted by molar-refractivity contribution is 5.83. The predicted molar refractivity (Wildman–Crippen MR) is 90.9 cm³/mol. The van der Waals surface area contributed by atoms with Crippen molar-refractivity contribution in [3.63, 3.8) is 0 Å². The number of carbonyl (C=O) groups excluding carboxylic acids is 1. The molecule has 3 rings (SSSR count). The van der Waals surface area contributed by atoms with Crippen molar-refractivity contribution in [1.29, 1.82) is 0 Å². The number of morpholine rings is 1. The summed E-state index contributed by atoms with van der Waals surface area (Å²) in [5.41, 5.74) is -0.409. The summed E-state index contributed by atoms with van der Waals surface area (Å²) < 4.78 is 17.0. The van der Waals surface area contributed by atoms with Gasteiger partial charge in [0.15, 0.2) is 0 Å². The summed E-state index contributed by atoms with van der Waals surface area (Å²) in [6.45, 7) is 3.14. The summed E-state index contributed by atoms with van der Waals surface area (Å²) >= 11 is 0. The molecule has 0 aromatic rings. The van der Waals surface area contributed by atoms with Gasteiger partial charge in [0.25, 0.3) is 0 Å². The molecular formula is C18H32N2O4. The minimum absolute atomic E-state index is 0.170. The Morgan fingerprint density at radius 1 is 1.25 bits per heavy atom. The van der Waals surface area contributed by atoms with Gasteiger partial charge in [0.2, 0.25) is 5.91 Å². The van der Waals surface area contributed by atoms with Crippen LogP contribution in [0.4, 0.5) is 0 Å². The Morgan fingerprint density at radius 2 is 2.00 bits per heavy atom. The van der Waals surface area contributed by atoms with Gasteiger partial charge in [-0.05, 0) is 46.2 Å². The number of rotatable bonds is 4. The van der Waals surface area contributed by atoms with Gasteiger partial charge in [-0.25, -0.2) is 0 Å². The van der Waals surface area contributed by atoms with Gasteiger partial charge in [0, 0.05) is 32.9 Å². The van der Waals surface area contributed by atoms with Crippen LogP contribution in [0.15, 0.2) is 0 Å². The fraction of sp³-hybridized carbons (Fsp3) is 0.944. The van der Waals surface area contributed by atoms with Gasteiger partial charge in [-0.1, -0.05) is 0 Å². The summed E-state index contributed by atoms with van der Waals surface area (Å²) in [6.07, 6.45) is 4.86. The number of hydrogen-bond donors (Lipinski definition) is 0. The second-order valence-corrected chi connectivity index (χ2v) is 7.73. The number of amides is 1. The Hall–Kier alpha value is -0.690. The van der Waals surface area contributed by atoms with Crippen LogP contribution in [0.25, 0.3) is 0 Å². The van der Waals surface area contributed by atoms with E-state index in [1.54, 1.807) is 7.11 Å². The van der Waals surface area contributed by atoms with Gasteiger partial charge in [0.1, 0.15) is 0 Å². The fourth-order valence-corrected chi connectivity index (χ4v) is 4.58. The quantitative estimate of drug-likeness (QED) is 0.768. The summed E-state index contributed by atoms with van der Waals surface area (Å²) in [6, 6.07) is 0.774. The lowest BCUT2D eigenvalue weighted by atomic mass is 9.77. The minimum atomic E-state index is -0.409. The van der Waals surface area contributed by atoms with Crippen molar-refractivity contribution in [2.24, 2.45) is 5.41 Å². The molecule has 3 aliphatic rings. The molecule has 1 saturated carbocycles. The number of hydrogen-bond acceptors (Lipinski definition) is 5. The largest absolute Gasteiger partial charge is 0.384 e. The van der Waals surface area contributed by atoms with Gasteiger partial charge in [0.05, 0.1) is 30.8 Å². The zero-order chi connectivity index (χ0) is 17.2. The first-order valence-corrected chi connectivity index (χ1v) is 9.23. The van der Waals surface area contributed by atoms with E-state index < -0.39 is 5.41 Å². The lowest BCUT2D eigenvalue weighted by Gasteiger charge is -2.50. The SMILES string of the molecule is COCC1(C(=O)N2CCOC3CC(N(C)C)CCC32)CCOCC1. The van der Waals surface area contributed by atoms with Crippen molar-refractivity contribution in [3.05, 3.63) is 0 Å². The number of ether oxygens (including phenoxy) is 3. The molecule has 0 aromatic heterocycles. The number of fused-ring (bicyclic) bond motifs is 1.